The molecule has 0 unspecified atom stereocenters. The van der Waals surface area contributed by atoms with E-state index in [1.165, 1.54) is 12.1 Å². The van der Waals surface area contributed by atoms with Crippen molar-refractivity contribution >= 4 is 22.1 Å². The van der Waals surface area contributed by atoms with Gasteiger partial charge in [-0.2, -0.15) is 0 Å². The number of non-ortho nitro benzene ring substituents is 1. The SMILES string of the molecule is O=CN1CCC(CNS(=O)(=O)c2ccc([N+](=O)[O-])cc2)CC1. The van der Waals surface area contributed by atoms with Gasteiger partial charge in [0.2, 0.25) is 16.4 Å². The molecule has 22 heavy (non-hydrogen) atoms. The van der Waals surface area contributed by atoms with Crippen molar-refractivity contribution in [1.29, 1.82) is 0 Å². The molecule has 0 aromatic heterocycles. The van der Waals surface area contributed by atoms with Crippen LogP contribution in [0.2, 0.25) is 0 Å². The number of likely N-dealkylation sites (tertiary alicyclic amines) is 1. The molecule has 0 saturated carbocycles. The van der Waals surface area contributed by atoms with Crippen LogP contribution in [-0.4, -0.2) is 44.3 Å². The first-order chi connectivity index (χ1) is 10.4. The van der Waals surface area contributed by atoms with Crippen LogP contribution in [0.15, 0.2) is 29.2 Å². The number of hydrogen-bond acceptors (Lipinski definition) is 5. The average Bonchev–Trinajstić information content (AvgIpc) is 2.53. The summed E-state index contributed by atoms with van der Waals surface area (Å²) in [6.45, 7) is 1.56. The molecular weight excluding hydrogens is 310 g/mol. The highest BCUT2D eigenvalue weighted by Gasteiger charge is 2.21. The number of nitro groups is 1. The highest BCUT2D eigenvalue weighted by Crippen LogP contribution is 2.18. The lowest BCUT2D eigenvalue weighted by molar-refractivity contribution is -0.384. The van der Waals surface area contributed by atoms with Crippen molar-refractivity contribution < 1.29 is 18.1 Å². The van der Waals surface area contributed by atoms with Gasteiger partial charge in [0.25, 0.3) is 5.69 Å². The molecule has 0 bridgehead atoms. The Kier molecular flexibility index (Phi) is 5.09. The van der Waals surface area contributed by atoms with Crippen LogP contribution in [0.5, 0.6) is 0 Å². The molecule has 0 atom stereocenters. The monoisotopic (exact) mass is 327 g/mol. The van der Waals surface area contributed by atoms with E-state index in [9.17, 15) is 23.3 Å². The smallest absolute Gasteiger partial charge is 0.269 e. The first-order valence-corrected chi connectivity index (χ1v) is 8.34. The molecule has 1 aromatic rings. The van der Waals surface area contributed by atoms with E-state index in [1.807, 2.05) is 0 Å². The van der Waals surface area contributed by atoms with Gasteiger partial charge in [-0.15, -0.1) is 0 Å². The normalized spacial score (nSPS) is 16.5. The van der Waals surface area contributed by atoms with Crippen molar-refractivity contribution in [3.05, 3.63) is 34.4 Å². The van der Waals surface area contributed by atoms with Crippen molar-refractivity contribution in [3.8, 4) is 0 Å². The van der Waals surface area contributed by atoms with Crippen molar-refractivity contribution in [2.75, 3.05) is 19.6 Å². The van der Waals surface area contributed by atoms with E-state index in [0.717, 1.165) is 31.4 Å². The lowest BCUT2D eigenvalue weighted by Crippen LogP contribution is -2.38. The molecule has 0 spiro atoms. The van der Waals surface area contributed by atoms with Crippen molar-refractivity contribution in [2.45, 2.75) is 17.7 Å². The van der Waals surface area contributed by atoms with Gasteiger partial charge in [-0.05, 0) is 30.9 Å². The van der Waals surface area contributed by atoms with E-state index < -0.39 is 14.9 Å². The van der Waals surface area contributed by atoms with E-state index in [4.69, 9.17) is 0 Å². The molecule has 1 saturated heterocycles. The third kappa shape index (κ3) is 4.01. The summed E-state index contributed by atoms with van der Waals surface area (Å²) in [6, 6.07) is 4.76. The van der Waals surface area contributed by atoms with E-state index >= 15 is 0 Å². The van der Waals surface area contributed by atoms with Crippen LogP contribution < -0.4 is 4.72 Å². The number of carbonyl (C=O) groups excluding carboxylic acids is 1. The summed E-state index contributed by atoms with van der Waals surface area (Å²) in [4.78, 5) is 22.3. The molecule has 1 N–H and O–H groups in total. The van der Waals surface area contributed by atoms with Gasteiger partial charge in [0.15, 0.2) is 0 Å². The minimum atomic E-state index is -3.68. The summed E-state index contributed by atoms with van der Waals surface area (Å²) in [5.41, 5.74) is -0.153. The molecule has 0 radical (unpaired) electrons. The van der Waals surface area contributed by atoms with E-state index in [1.54, 1.807) is 4.90 Å². The van der Waals surface area contributed by atoms with E-state index in [2.05, 4.69) is 4.72 Å². The lowest BCUT2D eigenvalue weighted by Gasteiger charge is -2.29. The lowest BCUT2D eigenvalue weighted by atomic mass is 9.98. The van der Waals surface area contributed by atoms with Gasteiger partial charge in [-0.25, -0.2) is 13.1 Å². The van der Waals surface area contributed by atoms with Gasteiger partial charge in [0.05, 0.1) is 9.82 Å². The Morgan fingerprint density at radius 1 is 1.27 bits per heavy atom. The largest absolute Gasteiger partial charge is 0.345 e. The molecular formula is C13H17N3O5S. The quantitative estimate of drug-likeness (QED) is 0.471. The van der Waals surface area contributed by atoms with Crippen molar-refractivity contribution in [2.24, 2.45) is 5.92 Å². The maximum atomic E-state index is 12.1. The Labute approximate surface area is 128 Å². The van der Waals surface area contributed by atoms with E-state index in [0.29, 0.717) is 19.6 Å². The van der Waals surface area contributed by atoms with Crippen LogP contribution in [0.4, 0.5) is 5.69 Å². The van der Waals surface area contributed by atoms with Gasteiger partial charge < -0.3 is 4.90 Å². The number of nitrogens with one attached hydrogen (secondary N) is 1. The standard InChI is InChI=1S/C13H17N3O5S/c17-10-15-7-5-11(6-8-15)9-14-22(20,21)13-3-1-12(2-4-13)16(18)19/h1-4,10-11,14H,5-9H2. The maximum absolute atomic E-state index is 12.1. The number of rotatable bonds is 6. The third-order valence-electron chi connectivity index (χ3n) is 3.72. The van der Waals surface area contributed by atoms with Gasteiger partial charge in [0, 0.05) is 31.8 Å². The Balaban J connectivity index is 1.93. The topological polar surface area (TPSA) is 110 Å². The number of carbonyl (C=O) groups is 1. The molecule has 0 aliphatic carbocycles. The minimum absolute atomic E-state index is 0.00317. The van der Waals surface area contributed by atoms with Crippen LogP contribution in [0, 0.1) is 16.0 Å². The molecule has 1 aromatic carbocycles. The summed E-state index contributed by atoms with van der Waals surface area (Å²) in [7, 11) is -3.68. The van der Waals surface area contributed by atoms with Crippen LogP contribution in [0.1, 0.15) is 12.8 Å². The van der Waals surface area contributed by atoms with Crippen molar-refractivity contribution in [3.63, 3.8) is 0 Å². The number of amides is 1. The summed E-state index contributed by atoms with van der Waals surface area (Å²) < 4.78 is 26.8. The molecule has 2 rings (SSSR count). The molecule has 1 aliphatic rings. The first-order valence-electron chi connectivity index (χ1n) is 6.86. The second-order valence-corrected chi connectivity index (χ2v) is 6.95. The average molecular weight is 327 g/mol. The predicted octanol–water partition coefficient (Wildman–Crippen LogP) is 0.741. The molecule has 1 fully saturated rings. The number of piperidine rings is 1. The van der Waals surface area contributed by atoms with Gasteiger partial charge in [0.1, 0.15) is 0 Å². The van der Waals surface area contributed by atoms with Crippen LogP contribution in [-0.2, 0) is 14.8 Å². The Morgan fingerprint density at radius 3 is 2.36 bits per heavy atom. The zero-order chi connectivity index (χ0) is 16.2. The van der Waals surface area contributed by atoms with Crippen LogP contribution in [0.3, 0.4) is 0 Å². The number of nitrogens with zero attached hydrogens (tertiary/aromatic N) is 2. The number of hydrogen-bond donors (Lipinski definition) is 1. The maximum Gasteiger partial charge on any atom is 0.269 e. The second-order valence-electron chi connectivity index (χ2n) is 5.19. The summed E-state index contributed by atoms with van der Waals surface area (Å²) in [5, 5.41) is 10.6. The molecule has 8 nitrogen and oxygen atoms in total. The van der Waals surface area contributed by atoms with Gasteiger partial charge in [-0.3, -0.25) is 14.9 Å². The number of sulfonamides is 1. The van der Waals surface area contributed by atoms with Gasteiger partial charge >= 0.3 is 0 Å². The first kappa shape index (κ1) is 16.4. The fourth-order valence-electron chi connectivity index (χ4n) is 2.32. The Morgan fingerprint density at radius 2 is 1.86 bits per heavy atom. The highest BCUT2D eigenvalue weighted by molar-refractivity contribution is 7.89. The molecule has 1 aliphatic heterocycles. The van der Waals surface area contributed by atoms with Gasteiger partial charge in [-0.1, -0.05) is 0 Å². The Hall–Kier alpha value is -2.00. The fraction of sp³-hybridized carbons (Fsp3) is 0.462. The number of benzene rings is 1. The molecule has 9 heteroatoms. The molecule has 1 heterocycles. The van der Waals surface area contributed by atoms with E-state index in [-0.39, 0.29) is 16.5 Å². The summed E-state index contributed by atoms with van der Waals surface area (Å²) >= 11 is 0. The zero-order valence-corrected chi connectivity index (χ0v) is 12.7. The molecule has 120 valence electrons. The van der Waals surface area contributed by atoms with Crippen molar-refractivity contribution in [1.82, 2.24) is 9.62 Å². The summed E-state index contributed by atoms with van der Waals surface area (Å²) in [5.74, 6) is 0.184. The third-order valence-corrected chi connectivity index (χ3v) is 5.16. The number of nitro benzene ring substituents is 1. The Bertz CT molecular complexity index is 636. The second kappa shape index (κ2) is 6.84. The van der Waals surface area contributed by atoms with Crippen LogP contribution >= 0.6 is 0 Å². The predicted molar refractivity (Wildman–Crippen MR) is 78.6 cm³/mol. The minimum Gasteiger partial charge on any atom is -0.345 e. The summed E-state index contributed by atoms with van der Waals surface area (Å²) in [6.07, 6.45) is 2.31. The highest BCUT2D eigenvalue weighted by atomic mass is 32.2. The van der Waals surface area contributed by atoms with Crippen LogP contribution in [0.25, 0.3) is 0 Å². The zero-order valence-electron chi connectivity index (χ0n) is 11.8. The fourth-order valence-corrected chi connectivity index (χ4v) is 3.44. The molecule has 1 amide bonds.